The third-order valence-corrected chi connectivity index (χ3v) is 2.10. The van der Waals surface area contributed by atoms with E-state index in [1.54, 1.807) is 0 Å². The molecule has 8 heavy (non-hydrogen) atoms. The van der Waals surface area contributed by atoms with Crippen molar-refractivity contribution in [2.45, 2.75) is 19.1 Å². The van der Waals surface area contributed by atoms with Crippen molar-refractivity contribution >= 4 is 24.4 Å². The van der Waals surface area contributed by atoms with E-state index in [-0.39, 0.29) is 18.9 Å². The summed E-state index contributed by atoms with van der Waals surface area (Å²) in [5.41, 5.74) is 0. The van der Waals surface area contributed by atoms with Crippen LogP contribution in [0.15, 0.2) is 0 Å². The fraction of sp³-hybridized carbons (Fsp3) is 1.00. The van der Waals surface area contributed by atoms with E-state index in [1.807, 2.05) is 11.8 Å². The Morgan fingerprint density at radius 2 is 2.00 bits per heavy atom. The summed E-state index contributed by atoms with van der Waals surface area (Å²) in [7, 11) is 0. The normalized spacial score (nSPS) is 9.00. The van der Waals surface area contributed by atoms with Crippen molar-refractivity contribution in [2.75, 3.05) is 11.5 Å². The Balaban J connectivity index is 0. The molecule has 0 spiro atoms. The standard InChI is InChI=1S/C5H12S2.Li/c1-5(2)7-4-3-6;/h5-6H,3-4H2,1-2H3;/q;+1/p-1. The molecular formula is C5H11LiS2. The van der Waals surface area contributed by atoms with Crippen LogP contribution in [0.1, 0.15) is 13.8 Å². The Hall–Kier alpha value is 1.30. The van der Waals surface area contributed by atoms with Crippen LogP contribution in [0.25, 0.3) is 0 Å². The van der Waals surface area contributed by atoms with Crippen molar-refractivity contribution in [3.8, 4) is 0 Å². The quantitative estimate of drug-likeness (QED) is 0.354. The largest absolute Gasteiger partial charge is 1.00 e. The third-order valence-electron chi connectivity index (χ3n) is 0.535. The van der Waals surface area contributed by atoms with E-state index in [4.69, 9.17) is 12.6 Å². The summed E-state index contributed by atoms with van der Waals surface area (Å²) in [5, 5.41) is 0.753. The molecule has 0 saturated carbocycles. The minimum Gasteiger partial charge on any atom is -0.792 e. The van der Waals surface area contributed by atoms with Gasteiger partial charge in [-0.3, -0.25) is 0 Å². The molecule has 0 atom stereocenters. The van der Waals surface area contributed by atoms with Crippen LogP contribution >= 0.6 is 11.8 Å². The zero-order chi connectivity index (χ0) is 5.70. The maximum Gasteiger partial charge on any atom is 1.00 e. The zero-order valence-corrected chi connectivity index (χ0v) is 7.44. The molecule has 0 saturated heterocycles. The van der Waals surface area contributed by atoms with Gasteiger partial charge in [-0.1, -0.05) is 13.8 Å². The van der Waals surface area contributed by atoms with Crippen LogP contribution in [0, 0.1) is 0 Å². The monoisotopic (exact) mass is 142 g/mol. The molecule has 3 heteroatoms. The van der Waals surface area contributed by atoms with Crippen LogP contribution < -0.4 is 18.9 Å². The molecule has 0 fully saturated rings. The Kier molecular flexibility index (Phi) is 12.5. The molecule has 0 N–H and O–H groups in total. The van der Waals surface area contributed by atoms with Crippen LogP contribution in [-0.4, -0.2) is 16.8 Å². The van der Waals surface area contributed by atoms with E-state index in [2.05, 4.69) is 13.8 Å². The summed E-state index contributed by atoms with van der Waals surface area (Å²) >= 11 is 6.68. The summed E-state index contributed by atoms with van der Waals surface area (Å²) in [4.78, 5) is 0. The molecule has 0 heterocycles. The van der Waals surface area contributed by atoms with E-state index >= 15 is 0 Å². The van der Waals surface area contributed by atoms with Gasteiger partial charge in [0.25, 0.3) is 0 Å². The number of thioether (sulfide) groups is 1. The predicted molar refractivity (Wildman–Crippen MR) is 39.8 cm³/mol. The number of rotatable bonds is 3. The maximum atomic E-state index is 4.75. The molecule has 0 aliphatic carbocycles. The average Bonchev–Trinajstić information content (AvgIpc) is 1.61. The van der Waals surface area contributed by atoms with Gasteiger partial charge >= 0.3 is 18.9 Å². The smallest absolute Gasteiger partial charge is 0.792 e. The van der Waals surface area contributed by atoms with Gasteiger partial charge in [0.15, 0.2) is 0 Å². The summed E-state index contributed by atoms with van der Waals surface area (Å²) < 4.78 is 0. The molecule has 0 aromatic carbocycles. The Bertz CT molecular complexity index is 39.4. The molecule has 0 nitrogen and oxygen atoms in total. The molecule has 0 amide bonds. The van der Waals surface area contributed by atoms with Gasteiger partial charge in [-0.25, -0.2) is 0 Å². The first-order chi connectivity index (χ1) is 3.27. The van der Waals surface area contributed by atoms with Crippen molar-refractivity contribution in [3.05, 3.63) is 0 Å². The molecule has 0 aromatic heterocycles. The van der Waals surface area contributed by atoms with E-state index < -0.39 is 0 Å². The first-order valence-corrected chi connectivity index (χ1v) is 4.09. The molecule has 0 bridgehead atoms. The first-order valence-electron chi connectivity index (χ1n) is 2.47. The van der Waals surface area contributed by atoms with Crippen molar-refractivity contribution in [1.82, 2.24) is 0 Å². The van der Waals surface area contributed by atoms with Crippen LogP contribution in [0.5, 0.6) is 0 Å². The van der Waals surface area contributed by atoms with Crippen molar-refractivity contribution < 1.29 is 18.9 Å². The van der Waals surface area contributed by atoms with Gasteiger partial charge in [0.05, 0.1) is 0 Å². The molecule has 0 aliphatic rings. The fourth-order valence-electron chi connectivity index (χ4n) is 0.284. The van der Waals surface area contributed by atoms with E-state index in [0.717, 1.165) is 16.8 Å². The van der Waals surface area contributed by atoms with Gasteiger partial charge in [-0.05, 0) is 11.0 Å². The Labute approximate surface area is 73.8 Å². The van der Waals surface area contributed by atoms with Crippen molar-refractivity contribution in [2.24, 2.45) is 0 Å². The third kappa shape index (κ3) is 10.3. The topological polar surface area (TPSA) is 0 Å². The average molecular weight is 142 g/mol. The predicted octanol–water partition coefficient (Wildman–Crippen LogP) is -1.32. The second-order valence-electron chi connectivity index (χ2n) is 1.62. The Morgan fingerprint density at radius 1 is 1.50 bits per heavy atom. The van der Waals surface area contributed by atoms with E-state index in [9.17, 15) is 0 Å². The van der Waals surface area contributed by atoms with Crippen LogP contribution in [0.4, 0.5) is 0 Å². The van der Waals surface area contributed by atoms with Gasteiger partial charge in [0, 0.05) is 0 Å². The van der Waals surface area contributed by atoms with Gasteiger partial charge in [-0.2, -0.15) is 17.5 Å². The summed E-state index contributed by atoms with van der Waals surface area (Å²) in [6.45, 7) is 4.38. The number of hydrogen-bond donors (Lipinski definition) is 0. The summed E-state index contributed by atoms with van der Waals surface area (Å²) in [5.74, 6) is 2.02. The first kappa shape index (κ1) is 12.0. The van der Waals surface area contributed by atoms with Gasteiger partial charge < -0.3 is 12.6 Å². The fourth-order valence-corrected chi connectivity index (χ4v) is 1.14. The van der Waals surface area contributed by atoms with Gasteiger partial charge in [0.1, 0.15) is 0 Å². The molecule has 0 unspecified atom stereocenters. The van der Waals surface area contributed by atoms with Crippen LogP contribution in [0.2, 0.25) is 0 Å². The second kappa shape index (κ2) is 8.30. The minimum absolute atomic E-state index is 0. The van der Waals surface area contributed by atoms with Crippen LogP contribution in [-0.2, 0) is 12.6 Å². The summed E-state index contributed by atoms with van der Waals surface area (Å²) in [6.07, 6.45) is 0. The molecule has 44 valence electrons. The second-order valence-corrected chi connectivity index (χ2v) is 3.72. The van der Waals surface area contributed by atoms with Crippen LogP contribution in [0.3, 0.4) is 0 Å². The van der Waals surface area contributed by atoms with E-state index in [1.165, 1.54) is 0 Å². The Morgan fingerprint density at radius 3 is 2.12 bits per heavy atom. The number of hydrogen-bond acceptors (Lipinski definition) is 2. The van der Waals surface area contributed by atoms with Crippen molar-refractivity contribution in [1.29, 1.82) is 0 Å². The minimum atomic E-state index is 0. The van der Waals surface area contributed by atoms with Gasteiger partial charge in [-0.15, -0.1) is 0 Å². The summed E-state index contributed by atoms with van der Waals surface area (Å²) in [6, 6.07) is 0. The molecule has 0 rings (SSSR count). The maximum absolute atomic E-state index is 4.75. The SMILES string of the molecule is CC(C)SCC[S-].[Li+]. The van der Waals surface area contributed by atoms with Crippen molar-refractivity contribution in [3.63, 3.8) is 0 Å². The molecule has 0 aliphatic heterocycles. The molecule has 0 aromatic rings. The molecular weight excluding hydrogens is 131 g/mol. The van der Waals surface area contributed by atoms with Gasteiger partial charge in [0.2, 0.25) is 0 Å². The van der Waals surface area contributed by atoms with E-state index in [0.29, 0.717) is 0 Å². The zero-order valence-electron chi connectivity index (χ0n) is 5.81. The molecule has 0 radical (unpaired) electrons.